The van der Waals surface area contributed by atoms with Gasteiger partial charge >= 0.3 is 6.09 Å². The van der Waals surface area contributed by atoms with Crippen molar-refractivity contribution in [3.8, 4) is 5.75 Å². The minimum Gasteiger partial charge on any atom is -0.497 e. The number of imide groups is 1. The third-order valence-electron chi connectivity index (χ3n) is 4.63. The van der Waals surface area contributed by atoms with Gasteiger partial charge in [-0.1, -0.05) is 42.5 Å². The van der Waals surface area contributed by atoms with Crippen molar-refractivity contribution in [1.82, 2.24) is 4.90 Å². The highest BCUT2D eigenvalue weighted by Crippen LogP contribution is 2.37. The fraction of sp³-hybridized carbons (Fsp3) is 0.391. The van der Waals surface area contributed by atoms with Crippen LogP contribution in [0.25, 0.3) is 0 Å². The van der Waals surface area contributed by atoms with Crippen molar-refractivity contribution in [3.05, 3.63) is 65.7 Å². The van der Waals surface area contributed by atoms with Crippen molar-refractivity contribution in [2.45, 2.75) is 51.5 Å². The number of amides is 2. The fourth-order valence-electron chi connectivity index (χ4n) is 3.32. The van der Waals surface area contributed by atoms with Crippen LogP contribution in [-0.4, -0.2) is 35.7 Å². The van der Waals surface area contributed by atoms with E-state index in [1.807, 2.05) is 42.5 Å². The summed E-state index contributed by atoms with van der Waals surface area (Å²) < 4.78 is 16.8. The third kappa shape index (κ3) is 5.15. The normalized spacial score (nSPS) is 19.3. The molecule has 29 heavy (non-hydrogen) atoms. The summed E-state index contributed by atoms with van der Waals surface area (Å²) in [6.07, 6.45) is -1.01. The summed E-state index contributed by atoms with van der Waals surface area (Å²) in [5.41, 5.74) is 1.09. The molecule has 3 rings (SSSR count). The molecular formula is C23H27NO5. The van der Waals surface area contributed by atoms with Gasteiger partial charge in [0.1, 0.15) is 11.4 Å². The lowest BCUT2D eigenvalue weighted by molar-refractivity contribution is -0.128. The van der Waals surface area contributed by atoms with E-state index in [0.29, 0.717) is 12.4 Å². The molecule has 0 bridgehead atoms. The van der Waals surface area contributed by atoms with Crippen molar-refractivity contribution in [1.29, 1.82) is 0 Å². The first kappa shape index (κ1) is 20.9. The first-order valence-corrected chi connectivity index (χ1v) is 9.63. The molecule has 0 saturated carbocycles. The number of carbonyl (C=O) groups is 2. The SMILES string of the molecule is COc1ccc([C@H]2[C@H](OCc3ccccc3)CC(=O)N2C(=O)OC(C)(C)C)cc1. The van der Waals surface area contributed by atoms with Gasteiger partial charge in [-0.2, -0.15) is 0 Å². The molecule has 0 aromatic heterocycles. The second-order valence-corrected chi connectivity index (χ2v) is 8.00. The van der Waals surface area contributed by atoms with Gasteiger partial charge in [0.15, 0.2) is 0 Å². The number of benzene rings is 2. The number of methoxy groups -OCH3 is 1. The molecule has 2 amide bonds. The standard InChI is InChI=1S/C23H27NO5/c1-23(2,3)29-22(26)24-20(25)14-19(28-15-16-8-6-5-7-9-16)21(24)17-10-12-18(27-4)13-11-17/h5-13,19,21H,14-15H2,1-4H3/t19-,21+/m1/s1. The Morgan fingerprint density at radius 1 is 1.07 bits per heavy atom. The summed E-state index contributed by atoms with van der Waals surface area (Å²) in [7, 11) is 1.59. The van der Waals surface area contributed by atoms with Gasteiger partial charge in [0.2, 0.25) is 5.91 Å². The Bertz CT molecular complexity index is 842. The molecule has 2 aromatic rings. The third-order valence-corrected chi connectivity index (χ3v) is 4.63. The Morgan fingerprint density at radius 3 is 2.31 bits per heavy atom. The maximum atomic E-state index is 12.8. The average Bonchev–Trinajstić information content (AvgIpc) is 3.02. The van der Waals surface area contributed by atoms with E-state index < -0.39 is 23.8 Å². The van der Waals surface area contributed by atoms with Gasteiger partial charge in [-0.25, -0.2) is 9.69 Å². The van der Waals surface area contributed by atoms with E-state index in [0.717, 1.165) is 11.1 Å². The predicted octanol–water partition coefficient (Wildman–Crippen LogP) is 4.49. The molecule has 0 spiro atoms. The molecule has 2 atom stereocenters. The van der Waals surface area contributed by atoms with E-state index in [9.17, 15) is 9.59 Å². The summed E-state index contributed by atoms with van der Waals surface area (Å²) >= 11 is 0. The topological polar surface area (TPSA) is 65.1 Å². The molecule has 1 fully saturated rings. The minimum absolute atomic E-state index is 0.114. The first-order valence-electron chi connectivity index (χ1n) is 9.63. The monoisotopic (exact) mass is 397 g/mol. The van der Waals surface area contributed by atoms with Gasteiger partial charge in [0.25, 0.3) is 0 Å². The molecule has 6 heteroatoms. The zero-order valence-corrected chi connectivity index (χ0v) is 17.3. The van der Waals surface area contributed by atoms with Crippen LogP contribution in [-0.2, 0) is 20.9 Å². The van der Waals surface area contributed by atoms with E-state index in [1.165, 1.54) is 4.90 Å². The van der Waals surface area contributed by atoms with Crippen molar-refractivity contribution in [3.63, 3.8) is 0 Å². The molecule has 1 aliphatic heterocycles. The zero-order chi connectivity index (χ0) is 21.0. The van der Waals surface area contributed by atoms with Gasteiger partial charge < -0.3 is 14.2 Å². The maximum absolute atomic E-state index is 12.8. The van der Waals surface area contributed by atoms with Crippen LogP contribution in [0.5, 0.6) is 5.75 Å². The molecule has 0 radical (unpaired) electrons. The lowest BCUT2D eigenvalue weighted by Gasteiger charge is -2.29. The molecular weight excluding hydrogens is 370 g/mol. The average molecular weight is 397 g/mol. The molecule has 6 nitrogen and oxygen atoms in total. The van der Waals surface area contributed by atoms with Crippen molar-refractivity contribution >= 4 is 12.0 Å². The number of likely N-dealkylation sites (tertiary alicyclic amines) is 1. The summed E-state index contributed by atoms with van der Waals surface area (Å²) in [5, 5.41) is 0. The summed E-state index contributed by atoms with van der Waals surface area (Å²) in [5.74, 6) is 0.391. The summed E-state index contributed by atoms with van der Waals surface area (Å²) in [6, 6.07) is 16.5. The largest absolute Gasteiger partial charge is 0.497 e. The molecule has 1 saturated heterocycles. The Balaban J connectivity index is 1.87. The van der Waals surface area contributed by atoms with Crippen LogP contribution in [0.3, 0.4) is 0 Å². The lowest BCUT2D eigenvalue weighted by Crippen LogP contribution is -2.40. The van der Waals surface area contributed by atoms with Crippen molar-refractivity contribution in [2.24, 2.45) is 0 Å². The fourth-order valence-corrected chi connectivity index (χ4v) is 3.32. The van der Waals surface area contributed by atoms with Crippen LogP contribution in [0.4, 0.5) is 4.79 Å². The van der Waals surface area contributed by atoms with Gasteiger partial charge in [0, 0.05) is 0 Å². The minimum atomic E-state index is -0.704. The first-order chi connectivity index (χ1) is 13.8. The number of hydrogen-bond acceptors (Lipinski definition) is 5. The highest BCUT2D eigenvalue weighted by molar-refractivity contribution is 5.95. The van der Waals surface area contributed by atoms with Crippen LogP contribution in [0, 0.1) is 0 Å². The van der Waals surface area contributed by atoms with E-state index >= 15 is 0 Å². The van der Waals surface area contributed by atoms with Crippen LogP contribution in [0.1, 0.15) is 44.4 Å². The molecule has 0 N–H and O–H groups in total. The quantitative estimate of drug-likeness (QED) is 0.744. The second-order valence-electron chi connectivity index (χ2n) is 8.00. The van der Waals surface area contributed by atoms with Gasteiger partial charge in [0.05, 0.1) is 32.3 Å². The smallest absolute Gasteiger partial charge is 0.417 e. The number of hydrogen-bond donors (Lipinski definition) is 0. The Morgan fingerprint density at radius 2 is 1.72 bits per heavy atom. The Labute approximate surface area is 171 Å². The van der Waals surface area contributed by atoms with Crippen molar-refractivity contribution < 1.29 is 23.8 Å². The summed E-state index contributed by atoms with van der Waals surface area (Å²) in [6.45, 7) is 5.68. The zero-order valence-electron chi connectivity index (χ0n) is 17.3. The summed E-state index contributed by atoms with van der Waals surface area (Å²) in [4.78, 5) is 26.7. The molecule has 0 unspecified atom stereocenters. The Kier molecular flexibility index (Phi) is 6.23. The molecule has 0 aliphatic carbocycles. The van der Waals surface area contributed by atoms with E-state index in [1.54, 1.807) is 40.0 Å². The highest BCUT2D eigenvalue weighted by Gasteiger charge is 2.46. The van der Waals surface area contributed by atoms with Crippen LogP contribution >= 0.6 is 0 Å². The molecule has 1 heterocycles. The Hall–Kier alpha value is -2.86. The van der Waals surface area contributed by atoms with Crippen molar-refractivity contribution in [2.75, 3.05) is 7.11 Å². The van der Waals surface area contributed by atoms with Gasteiger partial charge in [-0.3, -0.25) is 4.79 Å². The number of nitrogens with zero attached hydrogens (tertiary/aromatic N) is 1. The van der Waals surface area contributed by atoms with Gasteiger partial charge in [-0.05, 0) is 44.0 Å². The van der Waals surface area contributed by atoms with Gasteiger partial charge in [-0.15, -0.1) is 0 Å². The predicted molar refractivity (Wildman–Crippen MR) is 108 cm³/mol. The van der Waals surface area contributed by atoms with Crippen LogP contribution in [0.15, 0.2) is 54.6 Å². The van der Waals surface area contributed by atoms with E-state index in [2.05, 4.69) is 0 Å². The number of ether oxygens (including phenoxy) is 3. The highest BCUT2D eigenvalue weighted by atomic mass is 16.6. The lowest BCUT2D eigenvalue weighted by atomic mass is 10.0. The maximum Gasteiger partial charge on any atom is 0.417 e. The molecule has 1 aliphatic rings. The number of carbonyl (C=O) groups excluding carboxylic acids is 2. The van der Waals surface area contributed by atoms with E-state index in [4.69, 9.17) is 14.2 Å². The van der Waals surface area contributed by atoms with Crippen LogP contribution in [0.2, 0.25) is 0 Å². The van der Waals surface area contributed by atoms with Crippen LogP contribution < -0.4 is 4.74 Å². The van der Waals surface area contributed by atoms with E-state index in [-0.39, 0.29) is 12.3 Å². The molecule has 154 valence electrons. The number of rotatable bonds is 5. The second kappa shape index (κ2) is 8.66. The molecule has 2 aromatic carbocycles.